The van der Waals surface area contributed by atoms with Crippen LogP contribution in [-0.4, -0.2) is 23.8 Å². The number of hydrogen-bond acceptors (Lipinski definition) is 3. The maximum absolute atomic E-state index is 12.4. The molecule has 1 unspecified atom stereocenters. The molecule has 4 rings (SSSR count). The molecule has 0 heterocycles. The third kappa shape index (κ3) is 4.00. The van der Waals surface area contributed by atoms with E-state index in [-0.39, 0.29) is 12.5 Å². The molecule has 0 radical (unpaired) electrons. The molecule has 0 aromatic heterocycles. The van der Waals surface area contributed by atoms with Gasteiger partial charge in [0.15, 0.2) is 6.04 Å². The highest BCUT2D eigenvalue weighted by Gasteiger charge is 2.30. The topological polar surface area (TPSA) is 75.6 Å². The van der Waals surface area contributed by atoms with Crippen molar-refractivity contribution in [2.75, 3.05) is 6.61 Å². The van der Waals surface area contributed by atoms with Crippen molar-refractivity contribution >= 4 is 43.9 Å². The van der Waals surface area contributed by atoms with Gasteiger partial charge in [-0.1, -0.05) is 54.6 Å². The fourth-order valence-corrected chi connectivity index (χ4v) is 4.38. The van der Waals surface area contributed by atoms with Crippen LogP contribution in [-0.2, 0) is 9.53 Å². The van der Waals surface area contributed by atoms with Gasteiger partial charge < -0.3 is 15.2 Å². The van der Waals surface area contributed by atoms with E-state index in [4.69, 9.17) is 4.74 Å². The second-order valence-electron chi connectivity index (χ2n) is 6.91. The van der Waals surface area contributed by atoms with E-state index in [9.17, 15) is 14.7 Å². The molecule has 0 saturated carbocycles. The Morgan fingerprint density at radius 1 is 0.933 bits per heavy atom. The van der Waals surface area contributed by atoms with Crippen LogP contribution < -0.4 is 5.32 Å². The molecule has 2 N–H and O–H groups in total. The number of hydrogen-bond donors (Lipinski definition) is 2. The Hall–Kier alpha value is -2.64. The summed E-state index contributed by atoms with van der Waals surface area (Å²) in [5.74, 6) is -1.26. The van der Waals surface area contributed by atoms with Crippen molar-refractivity contribution < 1.29 is 19.4 Å². The summed E-state index contributed by atoms with van der Waals surface area (Å²) in [5.41, 5.74) is 4.89. The summed E-state index contributed by atoms with van der Waals surface area (Å²) >= 11 is 6.70. The van der Waals surface area contributed by atoms with Gasteiger partial charge in [-0.3, -0.25) is 0 Å². The van der Waals surface area contributed by atoms with Crippen molar-refractivity contribution in [3.05, 3.63) is 92.4 Å². The molecular weight excluding hydrogens is 514 g/mol. The number of fused-ring (bicyclic) bond motifs is 3. The lowest BCUT2D eigenvalue weighted by Gasteiger charge is -2.18. The van der Waals surface area contributed by atoms with Gasteiger partial charge in [0.05, 0.1) is 0 Å². The maximum Gasteiger partial charge on any atom is 0.408 e. The smallest absolute Gasteiger partial charge is 0.408 e. The average Bonchev–Trinajstić information content (AvgIpc) is 3.06. The number of ether oxygens (including phenoxy) is 1. The molecule has 30 heavy (non-hydrogen) atoms. The van der Waals surface area contributed by atoms with E-state index in [1.807, 2.05) is 36.4 Å². The molecule has 1 aliphatic rings. The van der Waals surface area contributed by atoms with E-state index in [2.05, 4.69) is 49.3 Å². The van der Waals surface area contributed by atoms with E-state index in [0.717, 1.165) is 26.7 Å². The summed E-state index contributed by atoms with van der Waals surface area (Å²) in [4.78, 5) is 24.2. The fraction of sp³-hybridized carbons (Fsp3) is 0.130. The third-order valence-corrected chi connectivity index (χ3v) is 7.01. The number of benzene rings is 3. The second-order valence-corrected chi connectivity index (χ2v) is 8.62. The molecule has 3 aromatic carbocycles. The van der Waals surface area contributed by atoms with Crippen LogP contribution in [0.25, 0.3) is 11.1 Å². The number of carbonyl (C=O) groups is 2. The first-order chi connectivity index (χ1) is 14.5. The summed E-state index contributed by atoms with van der Waals surface area (Å²) in [6.07, 6.45) is -0.775. The van der Waals surface area contributed by atoms with E-state index >= 15 is 0 Å². The monoisotopic (exact) mass is 529 g/mol. The number of nitrogens with one attached hydrogen (secondary N) is 1. The zero-order valence-corrected chi connectivity index (χ0v) is 18.8. The lowest BCUT2D eigenvalue weighted by molar-refractivity contribution is -0.139. The summed E-state index contributed by atoms with van der Waals surface area (Å²) in [6.45, 7) is 0.121. The van der Waals surface area contributed by atoms with Crippen LogP contribution in [0.1, 0.15) is 28.7 Å². The molecule has 0 spiro atoms. The number of amides is 1. The van der Waals surface area contributed by atoms with Crippen molar-refractivity contribution in [2.24, 2.45) is 0 Å². The summed E-state index contributed by atoms with van der Waals surface area (Å²) in [5, 5.41) is 12.0. The van der Waals surface area contributed by atoms with Crippen LogP contribution in [0.4, 0.5) is 4.79 Å². The number of carboxylic acids is 1. The quantitative estimate of drug-likeness (QED) is 0.432. The lowest BCUT2D eigenvalue weighted by Crippen LogP contribution is -2.34. The Labute approximate surface area is 190 Å². The van der Waals surface area contributed by atoms with E-state index < -0.39 is 18.1 Å². The van der Waals surface area contributed by atoms with Gasteiger partial charge in [-0.2, -0.15) is 0 Å². The van der Waals surface area contributed by atoms with Gasteiger partial charge in [-0.15, -0.1) is 0 Å². The largest absolute Gasteiger partial charge is 0.479 e. The molecule has 1 aliphatic carbocycles. The van der Waals surface area contributed by atoms with E-state index in [0.29, 0.717) is 10.0 Å². The van der Waals surface area contributed by atoms with Gasteiger partial charge in [0.25, 0.3) is 0 Å². The zero-order valence-electron chi connectivity index (χ0n) is 15.6. The molecule has 7 heteroatoms. The van der Waals surface area contributed by atoms with Gasteiger partial charge >= 0.3 is 12.1 Å². The SMILES string of the molecule is O=C(NC(C(=O)O)c1ccc(Br)c(Br)c1)OCC1c2ccccc2-c2ccccc21. The highest BCUT2D eigenvalue weighted by atomic mass is 79.9. The molecule has 1 atom stereocenters. The van der Waals surface area contributed by atoms with Crippen LogP contribution in [0.5, 0.6) is 0 Å². The summed E-state index contributed by atoms with van der Waals surface area (Å²) in [7, 11) is 0. The van der Waals surface area contributed by atoms with Crippen LogP contribution >= 0.6 is 31.9 Å². The summed E-state index contributed by atoms with van der Waals surface area (Å²) in [6, 6.07) is 19.8. The Kier molecular flexibility index (Phi) is 5.92. The molecule has 0 fully saturated rings. The molecule has 1 amide bonds. The highest BCUT2D eigenvalue weighted by Crippen LogP contribution is 2.44. The number of rotatable bonds is 5. The molecule has 0 bridgehead atoms. The average molecular weight is 531 g/mol. The Balaban J connectivity index is 1.49. The number of halogens is 2. The third-order valence-electron chi connectivity index (χ3n) is 5.13. The first kappa shape index (κ1) is 20.6. The number of aliphatic carboxylic acids is 1. The van der Waals surface area contributed by atoms with E-state index in [1.54, 1.807) is 18.2 Å². The Bertz CT molecular complexity index is 1090. The minimum atomic E-state index is -1.22. The standard InChI is InChI=1S/C23H17Br2NO4/c24-19-10-9-13(11-20(19)25)21(22(27)28)26-23(29)30-12-18-16-7-3-1-5-14(16)15-6-2-4-8-17(15)18/h1-11,18,21H,12H2,(H,26,29)(H,27,28). The van der Waals surface area contributed by atoms with Crippen LogP contribution in [0.15, 0.2) is 75.7 Å². The predicted octanol–water partition coefficient (Wildman–Crippen LogP) is 5.88. The van der Waals surface area contributed by atoms with Crippen LogP contribution in [0.3, 0.4) is 0 Å². The second kappa shape index (κ2) is 8.62. The van der Waals surface area contributed by atoms with Gasteiger partial charge in [0, 0.05) is 14.9 Å². The normalized spacial score (nSPS) is 13.3. The molecule has 3 aromatic rings. The Morgan fingerprint density at radius 3 is 2.10 bits per heavy atom. The predicted molar refractivity (Wildman–Crippen MR) is 120 cm³/mol. The number of alkyl carbamates (subject to hydrolysis) is 1. The van der Waals surface area contributed by atoms with Gasteiger partial charge in [0.1, 0.15) is 6.61 Å². The maximum atomic E-state index is 12.4. The van der Waals surface area contributed by atoms with Gasteiger partial charge in [-0.25, -0.2) is 9.59 Å². The van der Waals surface area contributed by atoms with Crippen molar-refractivity contribution in [3.63, 3.8) is 0 Å². The van der Waals surface area contributed by atoms with Crippen molar-refractivity contribution in [3.8, 4) is 11.1 Å². The first-order valence-corrected chi connectivity index (χ1v) is 10.8. The van der Waals surface area contributed by atoms with Crippen LogP contribution in [0, 0.1) is 0 Å². The minimum Gasteiger partial charge on any atom is -0.479 e. The zero-order chi connectivity index (χ0) is 21.3. The molecule has 0 saturated heterocycles. The van der Waals surface area contributed by atoms with Crippen molar-refractivity contribution in [1.82, 2.24) is 5.32 Å². The molecular formula is C23H17Br2NO4. The lowest BCUT2D eigenvalue weighted by atomic mass is 9.98. The van der Waals surface area contributed by atoms with E-state index in [1.165, 1.54) is 0 Å². The van der Waals surface area contributed by atoms with Crippen molar-refractivity contribution in [1.29, 1.82) is 0 Å². The number of carbonyl (C=O) groups excluding carboxylic acids is 1. The molecule has 5 nitrogen and oxygen atoms in total. The van der Waals surface area contributed by atoms with Gasteiger partial charge in [-0.05, 0) is 71.8 Å². The van der Waals surface area contributed by atoms with Gasteiger partial charge in [0.2, 0.25) is 0 Å². The van der Waals surface area contributed by atoms with Crippen LogP contribution in [0.2, 0.25) is 0 Å². The fourth-order valence-electron chi connectivity index (χ4n) is 3.74. The highest BCUT2D eigenvalue weighted by molar-refractivity contribution is 9.13. The Morgan fingerprint density at radius 2 is 1.53 bits per heavy atom. The number of carboxylic acid groups (broad SMARTS) is 1. The minimum absolute atomic E-state index is 0.0896. The molecule has 152 valence electrons. The summed E-state index contributed by atoms with van der Waals surface area (Å²) < 4.78 is 6.94. The van der Waals surface area contributed by atoms with Crippen molar-refractivity contribution in [2.45, 2.75) is 12.0 Å². The first-order valence-electron chi connectivity index (χ1n) is 9.25. The molecule has 0 aliphatic heterocycles.